The van der Waals surface area contributed by atoms with E-state index in [1.807, 2.05) is 18.2 Å². The van der Waals surface area contributed by atoms with Crippen molar-refractivity contribution in [2.45, 2.75) is 6.04 Å². The van der Waals surface area contributed by atoms with Crippen LogP contribution in [0.5, 0.6) is 0 Å². The Morgan fingerprint density at radius 3 is 2.36 bits per heavy atom. The van der Waals surface area contributed by atoms with E-state index in [1.165, 1.54) is 5.01 Å². The molecule has 0 radical (unpaired) electrons. The molecule has 0 spiro atoms. The minimum Gasteiger partial charge on any atom is -0.301 e. The van der Waals surface area contributed by atoms with E-state index in [1.54, 1.807) is 19.2 Å². The molecule has 0 unspecified atom stereocenters. The third kappa shape index (κ3) is 2.17. The summed E-state index contributed by atoms with van der Waals surface area (Å²) in [6.07, 6.45) is 1.31. The van der Waals surface area contributed by atoms with Crippen LogP contribution < -0.4 is 5.43 Å². The number of carbonyl (C=O) groups is 2. The van der Waals surface area contributed by atoms with Crippen molar-refractivity contribution in [3.8, 4) is 0 Å². The van der Waals surface area contributed by atoms with Gasteiger partial charge in [0.05, 0.1) is 0 Å². The SMILES string of the molecule is CNN(C=O)[C@@H](C=O)c1ccccc1. The molecular formula is C10H12N2O2. The molecule has 0 aliphatic rings. The molecule has 14 heavy (non-hydrogen) atoms. The van der Waals surface area contributed by atoms with Gasteiger partial charge in [0.1, 0.15) is 12.3 Å². The van der Waals surface area contributed by atoms with E-state index < -0.39 is 6.04 Å². The zero-order chi connectivity index (χ0) is 10.4. The average Bonchev–Trinajstić information content (AvgIpc) is 2.27. The second-order valence-electron chi connectivity index (χ2n) is 2.73. The lowest BCUT2D eigenvalue weighted by Crippen LogP contribution is -2.38. The van der Waals surface area contributed by atoms with Gasteiger partial charge in [-0.05, 0) is 5.56 Å². The van der Waals surface area contributed by atoms with Crippen molar-refractivity contribution >= 4 is 12.7 Å². The van der Waals surface area contributed by atoms with Gasteiger partial charge in [-0.25, -0.2) is 5.43 Å². The van der Waals surface area contributed by atoms with Crippen LogP contribution in [-0.2, 0) is 9.59 Å². The Balaban J connectivity index is 2.91. The highest BCUT2D eigenvalue weighted by molar-refractivity contribution is 5.66. The maximum Gasteiger partial charge on any atom is 0.224 e. The van der Waals surface area contributed by atoms with Crippen molar-refractivity contribution < 1.29 is 9.59 Å². The van der Waals surface area contributed by atoms with Gasteiger partial charge in [0.25, 0.3) is 0 Å². The molecule has 0 aromatic heterocycles. The zero-order valence-electron chi connectivity index (χ0n) is 7.88. The lowest BCUT2D eigenvalue weighted by molar-refractivity contribution is -0.128. The third-order valence-electron chi connectivity index (χ3n) is 1.94. The third-order valence-corrected chi connectivity index (χ3v) is 1.94. The number of nitrogens with one attached hydrogen (secondary N) is 1. The van der Waals surface area contributed by atoms with Crippen molar-refractivity contribution in [3.05, 3.63) is 35.9 Å². The second-order valence-corrected chi connectivity index (χ2v) is 2.73. The molecule has 0 heterocycles. The van der Waals surface area contributed by atoms with Gasteiger partial charge in [0, 0.05) is 7.05 Å². The lowest BCUT2D eigenvalue weighted by atomic mass is 10.1. The Labute approximate surface area is 82.5 Å². The first-order valence-corrected chi connectivity index (χ1v) is 4.24. The summed E-state index contributed by atoms with van der Waals surface area (Å²) in [7, 11) is 1.59. The largest absolute Gasteiger partial charge is 0.301 e. The monoisotopic (exact) mass is 192 g/mol. The van der Waals surface area contributed by atoms with E-state index in [2.05, 4.69) is 5.43 Å². The summed E-state index contributed by atoms with van der Waals surface area (Å²) < 4.78 is 0. The van der Waals surface area contributed by atoms with Crippen LogP contribution >= 0.6 is 0 Å². The highest BCUT2D eigenvalue weighted by Crippen LogP contribution is 2.14. The molecule has 1 N–H and O–H groups in total. The Morgan fingerprint density at radius 1 is 1.29 bits per heavy atom. The predicted octanol–water partition coefficient (Wildman–Crippen LogP) is 0.519. The number of rotatable bonds is 5. The molecule has 4 heteroatoms. The molecule has 0 bridgehead atoms. The maximum atomic E-state index is 10.8. The fourth-order valence-electron chi connectivity index (χ4n) is 1.21. The van der Waals surface area contributed by atoms with E-state index in [0.29, 0.717) is 6.41 Å². The number of hydrazine groups is 1. The van der Waals surface area contributed by atoms with Crippen molar-refractivity contribution in [2.75, 3.05) is 7.05 Å². The summed E-state index contributed by atoms with van der Waals surface area (Å²) in [4.78, 5) is 21.4. The zero-order valence-corrected chi connectivity index (χ0v) is 7.88. The van der Waals surface area contributed by atoms with Gasteiger partial charge in [-0.3, -0.25) is 9.80 Å². The number of aldehydes is 1. The van der Waals surface area contributed by atoms with Crippen LogP contribution in [0, 0.1) is 0 Å². The standard InChI is InChI=1S/C10H12N2O2/c1-11-12(8-14)10(7-13)9-5-3-2-4-6-9/h2-8,10-11H,1H3/t10-/m0/s1. The first-order chi connectivity index (χ1) is 6.83. The Hall–Kier alpha value is -1.68. The van der Waals surface area contributed by atoms with Crippen LogP contribution in [0.15, 0.2) is 30.3 Å². The number of carbonyl (C=O) groups excluding carboxylic acids is 2. The molecule has 0 aliphatic heterocycles. The molecule has 0 saturated carbocycles. The summed E-state index contributed by atoms with van der Waals surface area (Å²) in [5.41, 5.74) is 3.42. The Morgan fingerprint density at radius 2 is 1.93 bits per heavy atom. The smallest absolute Gasteiger partial charge is 0.224 e. The number of hydrogen-bond acceptors (Lipinski definition) is 3. The fraction of sp³-hybridized carbons (Fsp3) is 0.200. The summed E-state index contributed by atoms with van der Waals surface area (Å²) >= 11 is 0. The fourth-order valence-corrected chi connectivity index (χ4v) is 1.21. The number of hydrogen-bond donors (Lipinski definition) is 1. The quantitative estimate of drug-likeness (QED) is 0.546. The molecule has 1 aromatic carbocycles. The summed E-state index contributed by atoms with van der Waals surface area (Å²) in [5.74, 6) is 0. The summed E-state index contributed by atoms with van der Waals surface area (Å²) in [6.45, 7) is 0. The minimum absolute atomic E-state index is 0.571. The highest BCUT2D eigenvalue weighted by Gasteiger charge is 2.16. The van der Waals surface area contributed by atoms with Crippen molar-refractivity contribution in [3.63, 3.8) is 0 Å². The van der Waals surface area contributed by atoms with Gasteiger partial charge in [0.15, 0.2) is 0 Å². The van der Waals surface area contributed by atoms with Gasteiger partial charge < -0.3 is 4.79 Å². The Bertz CT molecular complexity index is 300. The molecule has 0 saturated heterocycles. The molecule has 1 aromatic rings. The van der Waals surface area contributed by atoms with E-state index in [9.17, 15) is 9.59 Å². The molecule has 4 nitrogen and oxygen atoms in total. The van der Waals surface area contributed by atoms with Crippen LogP contribution in [-0.4, -0.2) is 24.8 Å². The van der Waals surface area contributed by atoms with Gasteiger partial charge >= 0.3 is 0 Å². The first-order valence-electron chi connectivity index (χ1n) is 4.24. The predicted molar refractivity (Wildman–Crippen MR) is 52.2 cm³/mol. The average molecular weight is 192 g/mol. The molecule has 74 valence electrons. The molecular weight excluding hydrogens is 180 g/mol. The molecule has 0 fully saturated rings. The first kappa shape index (κ1) is 10.4. The van der Waals surface area contributed by atoms with Crippen LogP contribution in [0.2, 0.25) is 0 Å². The van der Waals surface area contributed by atoms with Crippen LogP contribution in [0.25, 0.3) is 0 Å². The van der Waals surface area contributed by atoms with Gasteiger partial charge in [0.2, 0.25) is 6.41 Å². The molecule has 1 amide bonds. The van der Waals surface area contributed by atoms with Crippen molar-refractivity contribution in [1.82, 2.24) is 10.4 Å². The second kappa shape index (κ2) is 5.14. The Kier molecular flexibility index (Phi) is 3.82. The van der Waals surface area contributed by atoms with Crippen molar-refractivity contribution in [1.29, 1.82) is 0 Å². The number of benzene rings is 1. The normalized spacial score (nSPS) is 11.8. The van der Waals surface area contributed by atoms with Gasteiger partial charge in [-0.15, -0.1) is 0 Å². The molecule has 0 aliphatic carbocycles. The van der Waals surface area contributed by atoms with E-state index in [0.717, 1.165) is 11.8 Å². The number of nitrogens with zero attached hydrogens (tertiary/aromatic N) is 1. The van der Waals surface area contributed by atoms with Crippen LogP contribution in [0.1, 0.15) is 11.6 Å². The van der Waals surface area contributed by atoms with Crippen LogP contribution in [0.3, 0.4) is 0 Å². The van der Waals surface area contributed by atoms with Crippen molar-refractivity contribution in [2.24, 2.45) is 0 Å². The summed E-state index contributed by atoms with van der Waals surface area (Å²) in [5, 5.41) is 1.21. The van der Waals surface area contributed by atoms with E-state index >= 15 is 0 Å². The molecule has 1 atom stereocenters. The minimum atomic E-state index is -0.571. The van der Waals surface area contributed by atoms with Gasteiger partial charge in [-0.2, -0.15) is 0 Å². The lowest BCUT2D eigenvalue weighted by Gasteiger charge is -2.22. The summed E-state index contributed by atoms with van der Waals surface area (Å²) in [6, 6.07) is 8.53. The van der Waals surface area contributed by atoms with Gasteiger partial charge in [-0.1, -0.05) is 30.3 Å². The topological polar surface area (TPSA) is 49.4 Å². The number of amides is 1. The highest BCUT2D eigenvalue weighted by atomic mass is 16.2. The van der Waals surface area contributed by atoms with Crippen LogP contribution in [0.4, 0.5) is 0 Å². The maximum absolute atomic E-state index is 10.8. The van der Waals surface area contributed by atoms with E-state index in [-0.39, 0.29) is 0 Å². The van der Waals surface area contributed by atoms with E-state index in [4.69, 9.17) is 0 Å². The molecule has 1 rings (SSSR count).